The molecule has 8 aromatic rings. The highest BCUT2D eigenvalue weighted by atomic mass is 15.1. The molecule has 0 bridgehead atoms. The summed E-state index contributed by atoms with van der Waals surface area (Å²) in [4.78, 5) is 5.53. The standard InChI is InChI=1S/C40H29N3/c1-40(2)32-20-10-6-18-30(32)38-31-19-9-13-23-35(31)43(39(38)40)37-25-27(26-14-4-3-5-15-26)24-36(41-37)42-33-21-11-7-16-28(33)29-17-8-12-22-34(29)42/h3-25H,1-2H3. The van der Waals surface area contributed by atoms with Crippen LogP contribution in [0.15, 0.2) is 140 Å². The van der Waals surface area contributed by atoms with Gasteiger partial charge < -0.3 is 0 Å². The van der Waals surface area contributed by atoms with E-state index in [4.69, 9.17) is 4.98 Å². The van der Waals surface area contributed by atoms with Crippen molar-refractivity contribution in [3.8, 4) is 33.9 Å². The number of aromatic nitrogens is 3. The van der Waals surface area contributed by atoms with Gasteiger partial charge in [0.1, 0.15) is 11.6 Å². The summed E-state index contributed by atoms with van der Waals surface area (Å²) < 4.78 is 4.75. The lowest BCUT2D eigenvalue weighted by atomic mass is 9.85. The molecule has 0 saturated heterocycles. The minimum absolute atomic E-state index is 0.192. The van der Waals surface area contributed by atoms with Crippen molar-refractivity contribution in [1.29, 1.82) is 0 Å². The lowest BCUT2D eigenvalue weighted by Crippen LogP contribution is -2.20. The van der Waals surface area contributed by atoms with E-state index < -0.39 is 0 Å². The summed E-state index contributed by atoms with van der Waals surface area (Å²) in [7, 11) is 0. The molecule has 3 aromatic heterocycles. The van der Waals surface area contributed by atoms with Gasteiger partial charge in [-0.2, -0.15) is 0 Å². The molecular weight excluding hydrogens is 522 g/mol. The first-order valence-corrected chi connectivity index (χ1v) is 14.9. The molecule has 0 N–H and O–H groups in total. The molecule has 3 heterocycles. The molecule has 0 atom stereocenters. The van der Waals surface area contributed by atoms with Gasteiger partial charge in [-0.15, -0.1) is 0 Å². The second kappa shape index (κ2) is 8.80. The Kier molecular flexibility index (Phi) is 4.95. The maximum Gasteiger partial charge on any atom is 0.140 e. The zero-order chi connectivity index (χ0) is 28.7. The van der Waals surface area contributed by atoms with Crippen LogP contribution in [0.3, 0.4) is 0 Å². The highest BCUT2D eigenvalue weighted by Crippen LogP contribution is 2.53. The monoisotopic (exact) mass is 551 g/mol. The highest BCUT2D eigenvalue weighted by Gasteiger charge is 2.41. The van der Waals surface area contributed by atoms with E-state index in [1.165, 1.54) is 49.6 Å². The van der Waals surface area contributed by atoms with Crippen molar-refractivity contribution >= 4 is 32.7 Å². The van der Waals surface area contributed by atoms with E-state index in [1.54, 1.807) is 0 Å². The fourth-order valence-electron chi connectivity index (χ4n) is 7.41. The van der Waals surface area contributed by atoms with E-state index >= 15 is 0 Å². The number of para-hydroxylation sites is 3. The van der Waals surface area contributed by atoms with Crippen molar-refractivity contribution in [2.75, 3.05) is 0 Å². The molecule has 0 fully saturated rings. The van der Waals surface area contributed by atoms with Gasteiger partial charge in [-0.05, 0) is 52.6 Å². The van der Waals surface area contributed by atoms with Crippen LogP contribution in [0, 0.1) is 0 Å². The fraction of sp³-hybridized carbons (Fsp3) is 0.0750. The van der Waals surface area contributed by atoms with Gasteiger partial charge in [-0.1, -0.05) is 123 Å². The molecule has 204 valence electrons. The quantitative estimate of drug-likeness (QED) is 0.214. The van der Waals surface area contributed by atoms with E-state index in [-0.39, 0.29) is 5.41 Å². The van der Waals surface area contributed by atoms with Crippen LogP contribution in [-0.2, 0) is 5.41 Å². The Morgan fingerprint density at radius 1 is 0.488 bits per heavy atom. The SMILES string of the molecule is CC1(C)c2ccccc2-c2c1n(-c1cc(-c3ccccc3)cc(-n3c4ccccc4c4ccccc43)n1)c1ccccc21. The van der Waals surface area contributed by atoms with E-state index in [1.807, 2.05) is 0 Å². The molecule has 0 spiro atoms. The molecule has 1 aliphatic rings. The van der Waals surface area contributed by atoms with Crippen molar-refractivity contribution in [2.24, 2.45) is 0 Å². The van der Waals surface area contributed by atoms with Gasteiger partial charge in [-0.25, -0.2) is 4.98 Å². The average molecular weight is 552 g/mol. The van der Waals surface area contributed by atoms with E-state index in [2.05, 4.69) is 163 Å². The summed E-state index contributed by atoms with van der Waals surface area (Å²) in [5.74, 6) is 1.84. The minimum atomic E-state index is -0.192. The predicted octanol–water partition coefficient (Wildman–Crippen LogP) is 10.1. The van der Waals surface area contributed by atoms with Crippen LogP contribution in [0.2, 0.25) is 0 Å². The number of pyridine rings is 1. The molecule has 3 nitrogen and oxygen atoms in total. The molecule has 1 aliphatic carbocycles. The summed E-state index contributed by atoms with van der Waals surface area (Å²) in [6.45, 7) is 4.70. The molecule has 0 radical (unpaired) electrons. The summed E-state index contributed by atoms with van der Waals surface area (Å²) in [5, 5.41) is 3.73. The van der Waals surface area contributed by atoms with Crippen molar-refractivity contribution in [3.63, 3.8) is 0 Å². The number of rotatable bonds is 3. The smallest absolute Gasteiger partial charge is 0.140 e. The van der Waals surface area contributed by atoms with Gasteiger partial charge in [0, 0.05) is 32.8 Å². The normalized spacial score (nSPS) is 13.5. The Hall–Kier alpha value is -5.41. The second-order valence-electron chi connectivity index (χ2n) is 12.1. The van der Waals surface area contributed by atoms with Crippen LogP contribution in [0.5, 0.6) is 0 Å². The molecule has 3 heteroatoms. The highest BCUT2D eigenvalue weighted by molar-refractivity contribution is 6.09. The summed E-state index contributed by atoms with van der Waals surface area (Å²) in [5.41, 5.74) is 10.9. The summed E-state index contributed by atoms with van der Waals surface area (Å²) in [6.07, 6.45) is 0. The second-order valence-corrected chi connectivity index (χ2v) is 12.1. The zero-order valence-corrected chi connectivity index (χ0v) is 24.1. The molecule has 0 unspecified atom stereocenters. The van der Waals surface area contributed by atoms with Gasteiger partial charge in [0.15, 0.2) is 0 Å². The van der Waals surface area contributed by atoms with Gasteiger partial charge in [0.2, 0.25) is 0 Å². The van der Waals surface area contributed by atoms with E-state index in [0.29, 0.717) is 0 Å². The Labute approximate surface area is 250 Å². The molecule has 9 rings (SSSR count). The molecule has 0 amide bonds. The molecule has 0 saturated carbocycles. The molecule has 43 heavy (non-hydrogen) atoms. The van der Waals surface area contributed by atoms with E-state index in [0.717, 1.165) is 28.2 Å². The molecular formula is C40H29N3. The van der Waals surface area contributed by atoms with Crippen molar-refractivity contribution < 1.29 is 0 Å². The first kappa shape index (κ1) is 24.2. The minimum Gasteiger partial charge on any atom is -0.297 e. The van der Waals surface area contributed by atoms with Gasteiger partial charge in [0.05, 0.1) is 16.6 Å². The fourth-order valence-corrected chi connectivity index (χ4v) is 7.41. The first-order valence-electron chi connectivity index (χ1n) is 14.9. The molecule has 5 aromatic carbocycles. The van der Waals surface area contributed by atoms with Crippen molar-refractivity contribution in [3.05, 3.63) is 151 Å². The van der Waals surface area contributed by atoms with Gasteiger partial charge in [0.25, 0.3) is 0 Å². The molecule has 0 aliphatic heterocycles. The number of hydrogen-bond donors (Lipinski definition) is 0. The topological polar surface area (TPSA) is 22.8 Å². The average Bonchev–Trinajstić information content (AvgIpc) is 3.66. The maximum absolute atomic E-state index is 5.53. The predicted molar refractivity (Wildman–Crippen MR) is 178 cm³/mol. The van der Waals surface area contributed by atoms with Crippen molar-refractivity contribution in [2.45, 2.75) is 19.3 Å². The van der Waals surface area contributed by atoms with Crippen LogP contribution < -0.4 is 0 Å². The van der Waals surface area contributed by atoms with Crippen molar-refractivity contribution in [1.82, 2.24) is 14.1 Å². The third-order valence-corrected chi connectivity index (χ3v) is 9.28. The number of benzene rings is 5. The largest absolute Gasteiger partial charge is 0.297 e. The lowest BCUT2D eigenvalue weighted by molar-refractivity contribution is 0.621. The van der Waals surface area contributed by atoms with Crippen LogP contribution in [-0.4, -0.2) is 14.1 Å². The van der Waals surface area contributed by atoms with Crippen LogP contribution >= 0.6 is 0 Å². The maximum atomic E-state index is 5.53. The Morgan fingerprint density at radius 2 is 1.00 bits per heavy atom. The van der Waals surface area contributed by atoms with Crippen LogP contribution in [0.1, 0.15) is 25.1 Å². The van der Waals surface area contributed by atoms with Gasteiger partial charge >= 0.3 is 0 Å². The Bertz CT molecular complexity index is 2320. The lowest BCUT2D eigenvalue weighted by Gasteiger charge is -2.24. The Balaban J connectivity index is 1.42. The number of hydrogen-bond acceptors (Lipinski definition) is 1. The zero-order valence-electron chi connectivity index (χ0n) is 24.1. The van der Waals surface area contributed by atoms with Crippen LogP contribution in [0.4, 0.5) is 0 Å². The van der Waals surface area contributed by atoms with Crippen LogP contribution in [0.25, 0.3) is 66.6 Å². The van der Waals surface area contributed by atoms with E-state index in [9.17, 15) is 0 Å². The number of nitrogens with zero attached hydrogens (tertiary/aromatic N) is 3. The van der Waals surface area contributed by atoms with Gasteiger partial charge in [-0.3, -0.25) is 9.13 Å². The first-order chi connectivity index (χ1) is 21.1. The summed E-state index contributed by atoms with van der Waals surface area (Å²) >= 11 is 0. The Morgan fingerprint density at radius 3 is 1.67 bits per heavy atom. The summed E-state index contributed by atoms with van der Waals surface area (Å²) in [6, 6.07) is 50.1. The third-order valence-electron chi connectivity index (χ3n) is 9.28. The third kappa shape index (κ3) is 3.33. The number of fused-ring (bicyclic) bond motifs is 8.